The smallest absolute Gasteiger partial charge is 0.309 e. The van der Waals surface area contributed by atoms with E-state index in [9.17, 15) is 14.7 Å². The van der Waals surface area contributed by atoms with Crippen molar-refractivity contribution in [1.29, 1.82) is 0 Å². The van der Waals surface area contributed by atoms with Gasteiger partial charge in [-0.3, -0.25) is 9.59 Å². The molecule has 0 aliphatic carbocycles. The van der Waals surface area contributed by atoms with Gasteiger partial charge in [-0.15, -0.1) is 0 Å². The number of aliphatic carboxylic acids is 2. The minimum Gasteiger partial charge on any atom is -0.481 e. The van der Waals surface area contributed by atoms with E-state index >= 15 is 0 Å². The van der Waals surface area contributed by atoms with Gasteiger partial charge in [0.1, 0.15) is 0 Å². The molecule has 0 saturated carbocycles. The highest BCUT2D eigenvalue weighted by Crippen LogP contribution is 2.31. The molecule has 0 amide bonds. The number of rotatable bonds is 14. The van der Waals surface area contributed by atoms with Crippen LogP contribution in [0.15, 0.2) is 0 Å². The molecule has 2 N–H and O–H groups in total. The Kier molecular flexibility index (Phi) is 10.9. The fraction of sp³-hybridized carbons (Fsp3) is 0.889. The zero-order valence-corrected chi connectivity index (χ0v) is 14.6. The van der Waals surface area contributed by atoms with Crippen LogP contribution in [0.3, 0.4) is 0 Å². The van der Waals surface area contributed by atoms with Gasteiger partial charge in [-0.1, -0.05) is 71.1 Å². The average molecular weight is 314 g/mol. The summed E-state index contributed by atoms with van der Waals surface area (Å²) in [7, 11) is 0. The minimum absolute atomic E-state index is 0.450. The van der Waals surface area contributed by atoms with Crippen LogP contribution < -0.4 is 0 Å². The van der Waals surface area contributed by atoms with Gasteiger partial charge in [0, 0.05) is 0 Å². The second kappa shape index (κ2) is 11.5. The normalized spacial score (nSPS) is 13.0. The lowest BCUT2D eigenvalue weighted by atomic mass is 9.76. The third-order valence-corrected chi connectivity index (χ3v) is 4.57. The number of unbranched alkanes of at least 4 members (excludes halogenated alkanes) is 9. The molecule has 0 fully saturated rings. The number of carboxylic acids is 2. The number of carboxylic acid groups (broad SMARTS) is 2. The Bertz CT molecular complexity index is 323. The van der Waals surface area contributed by atoms with Crippen LogP contribution in [-0.4, -0.2) is 22.2 Å². The fourth-order valence-electron chi connectivity index (χ4n) is 2.78. The van der Waals surface area contributed by atoms with Gasteiger partial charge in [0.05, 0.1) is 11.3 Å². The first-order valence-corrected chi connectivity index (χ1v) is 8.80. The van der Waals surface area contributed by atoms with E-state index in [0.717, 1.165) is 19.3 Å². The summed E-state index contributed by atoms with van der Waals surface area (Å²) < 4.78 is 0. The lowest BCUT2D eigenvalue weighted by Crippen LogP contribution is -2.37. The molecule has 0 aliphatic heterocycles. The van der Waals surface area contributed by atoms with Crippen molar-refractivity contribution >= 4 is 11.9 Å². The van der Waals surface area contributed by atoms with Crippen LogP contribution in [0.2, 0.25) is 0 Å². The Morgan fingerprint density at radius 2 is 1.23 bits per heavy atom. The fourth-order valence-corrected chi connectivity index (χ4v) is 2.78. The minimum atomic E-state index is -1.20. The highest BCUT2D eigenvalue weighted by atomic mass is 16.4. The van der Waals surface area contributed by atoms with Crippen molar-refractivity contribution in [1.82, 2.24) is 0 Å². The molecule has 0 aromatic carbocycles. The summed E-state index contributed by atoms with van der Waals surface area (Å²) in [5.41, 5.74) is -1.20. The van der Waals surface area contributed by atoms with Crippen LogP contribution in [-0.2, 0) is 9.59 Å². The molecule has 4 nitrogen and oxygen atoms in total. The molecule has 0 spiro atoms. The maximum Gasteiger partial charge on any atom is 0.309 e. The van der Waals surface area contributed by atoms with Gasteiger partial charge in [-0.25, -0.2) is 0 Å². The number of carbonyl (C=O) groups is 2. The number of hydrogen-bond donors (Lipinski definition) is 2. The summed E-state index contributed by atoms with van der Waals surface area (Å²) in [6.07, 6.45) is 12.4. The van der Waals surface area contributed by atoms with Crippen molar-refractivity contribution in [3.8, 4) is 0 Å². The SMILES string of the molecule is CCCCCCCCCCCCC(C(=O)O)C(C)(C)C(=O)O. The van der Waals surface area contributed by atoms with Gasteiger partial charge < -0.3 is 10.2 Å². The summed E-state index contributed by atoms with van der Waals surface area (Å²) in [6.45, 7) is 5.23. The molecule has 0 aliphatic rings. The van der Waals surface area contributed by atoms with Crippen LogP contribution in [0.25, 0.3) is 0 Å². The highest BCUT2D eigenvalue weighted by molar-refractivity contribution is 5.82. The van der Waals surface area contributed by atoms with Crippen molar-refractivity contribution in [2.75, 3.05) is 0 Å². The highest BCUT2D eigenvalue weighted by Gasteiger charge is 2.40. The van der Waals surface area contributed by atoms with Gasteiger partial charge in [0.25, 0.3) is 0 Å². The van der Waals surface area contributed by atoms with E-state index in [-0.39, 0.29) is 0 Å². The maximum absolute atomic E-state index is 11.3. The maximum atomic E-state index is 11.3. The van der Waals surface area contributed by atoms with E-state index in [1.165, 1.54) is 58.8 Å². The summed E-state index contributed by atoms with van der Waals surface area (Å²) in [5, 5.41) is 18.4. The Balaban J connectivity index is 3.79. The molecule has 0 rings (SSSR count). The topological polar surface area (TPSA) is 74.6 Å². The first-order chi connectivity index (χ1) is 10.3. The van der Waals surface area contributed by atoms with Gasteiger partial charge in [-0.2, -0.15) is 0 Å². The predicted octanol–water partition coefficient (Wildman–Crippen LogP) is 5.11. The van der Waals surface area contributed by atoms with Crippen molar-refractivity contribution in [2.45, 2.75) is 91.4 Å². The molecule has 0 aromatic heterocycles. The first-order valence-electron chi connectivity index (χ1n) is 8.80. The van der Waals surface area contributed by atoms with Gasteiger partial charge in [-0.05, 0) is 20.3 Å². The molecular formula is C18H34O4. The second-order valence-electron chi connectivity index (χ2n) is 6.89. The summed E-state index contributed by atoms with van der Waals surface area (Å²) in [4.78, 5) is 22.5. The molecule has 1 atom stereocenters. The molecule has 1 unspecified atom stereocenters. The van der Waals surface area contributed by atoms with E-state index in [0.29, 0.717) is 6.42 Å². The molecule has 130 valence electrons. The van der Waals surface area contributed by atoms with Crippen molar-refractivity contribution < 1.29 is 19.8 Å². The first kappa shape index (κ1) is 20.9. The molecule has 0 bridgehead atoms. The largest absolute Gasteiger partial charge is 0.481 e. The summed E-state index contributed by atoms with van der Waals surface area (Å²) >= 11 is 0. The third kappa shape index (κ3) is 8.40. The van der Waals surface area contributed by atoms with E-state index in [1.54, 1.807) is 0 Å². The molecule has 0 saturated heterocycles. The van der Waals surface area contributed by atoms with Crippen LogP contribution in [0.1, 0.15) is 91.4 Å². The monoisotopic (exact) mass is 314 g/mol. The molecule has 4 heteroatoms. The average Bonchev–Trinajstić information content (AvgIpc) is 2.43. The summed E-state index contributed by atoms with van der Waals surface area (Å²) in [6, 6.07) is 0. The van der Waals surface area contributed by atoms with E-state index in [4.69, 9.17) is 5.11 Å². The molecule has 0 radical (unpaired) electrons. The zero-order valence-electron chi connectivity index (χ0n) is 14.6. The van der Waals surface area contributed by atoms with Crippen LogP contribution >= 0.6 is 0 Å². The molecule has 22 heavy (non-hydrogen) atoms. The quantitative estimate of drug-likeness (QED) is 0.437. The van der Waals surface area contributed by atoms with Crippen molar-refractivity contribution in [3.05, 3.63) is 0 Å². The van der Waals surface area contributed by atoms with Crippen LogP contribution in [0, 0.1) is 11.3 Å². The van der Waals surface area contributed by atoms with Gasteiger partial charge >= 0.3 is 11.9 Å². The zero-order chi connectivity index (χ0) is 17.0. The van der Waals surface area contributed by atoms with E-state index in [2.05, 4.69) is 6.92 Å². The Morgan fingerprint density at radius 3 is 1.59 bits per heavy atom. The Labute approximate surface area is 135 Å². The third-order valence-electron chi connectivity index (χ3n) is 4.57. The number of hydrogen-bond acceptors (Lipinski definition) is 2. The van der Waals surface area contributed by atoms with Crippen LogP contribution in [0.5, 0.6) is 0 Å². The van der Waals surface area contributed by atoms with Gasteiger partial charge in [0.2, 0.25) is 0 Å². The van der Waals surface area contributed by atoms with Gasteiger partial charge in [0.15, 0.2) is 0 Å². The van der Waals surface area contributed by atoms with Crippen molar-refractivity contribution in [3.63, 3.8) is 0 Å². The molecule has 0 heterocycles. The Hall–Kier alpha value is -1.06. The lowest BCUT2D eigenvalue weighted by molar-refractivity contribution is -0.160. The van der Waals surface area contributed by atoms with Crippen LogP contribution in [0.4, 0.5) is 0 Å². The van der Waals surface area contributed by atoms with E-state index in [1.807, 2.05) is 0 Å². The predicted molar refractivity (Wildman–Crippen MR) is 89.0 cm³/mol. The Morgan fingerprint density at radius 1 is 0.818 bits per heavy atom. The molecular weight excluding hydrogens is 280 g/mol. The van der Waals surface area contributed by atoms with E-state index < -0.39 is 23.3 Å². The standard InChI is InChI=1S/C18H34O4/c1-4-5-6-7-8-9-10-11-12-13-14-15(16(19)20)18(2,3)17(21)22/h15H,4-14H2,1-3H3,(H,19,20)(H,21,22). The summed E-state index contributed by atoms with van der Waals surface area (Å²) in [5.74, 6) is -2.84. The lowest BCUT2D eigenvalue weighted by Gasteiger charge is -2.26. The van der Waals surface area contributed by atoms with Crippen molar-refractivity contribution in [2.24, 2.45) is 11.3 Å². The molecule has 0 aromatic rings. The second-order valence-corrected chi connectivity index (χ2v) is 6.89.